The number of ether oxygens (including phenoxy) is 1. The van der Waals surface area contributed by atoms with Crippen LogP contribution in [0.15, 0.2) is 53.4 Å². The summed E-state index contributed by atoms with van der Waals surface area (Å²) >= 11 is 0. The molecule has 0 saturated heterocycles. The molecule has 1 N–H and O–H groups in total. The maximum Gasteiger partial charge on any atom is 0.228 e. The molecule has 5 nitrogen and oxygen atoms in total. The summed E-state index contributed by atoms with van der Waals surface area (Å²) in [6.45, 7) is 4.11. The van der Waals surface area contributed by atoms with Gasteiger partial charge in [-0.05, 0) is 48.9 Å². The lowest BCUT2D eigenvalue weighted by Crippen LogP contribution is -2.14. The van der Waals surface area contributed by atoms with Gasteiger partial charge in [0.2, 0.25) is 5.91 Å². The van der Waals surface area contributed by atoms with Gasteiger partial charge in [0, 0.05) is 5.69 Å². The molecular formula is C18H21NO4S. The first-order valence-electron chi connectivity index (χ1n) is 7.79. The highest BCUT2D eigenvalue weighted by molar-refractivity contribution is 7.91. The molecule has 0 aromatic heterocycles. The maximum atomic E-state index is 12.1. The third kappa shape index (κ3) is 4.83. The summed E-state index contributed by atoms with van der Waals surface area (Å²) in [6.07, 6.45) is 0.238. The van der Waals surface area contributed by atoms with Crippen molar-refractivity contribution >= 4 is 21.4 Å². The molecule has 0 saturated carbocycles. The van der Waals surface area contributed by atoms with Crippen LogP contribution in [0.2, 0.25) is 0 Å². The van der Waals surface area contributed by atoms with Gasteiger partial charge in [-0.1, -0.05) is 19.1 Å². The highest BCUT2D eigenvalue weighted by atomic mass is 32.2. The van der Waals surface area contributed by atoms with Crippen molar-refractivity contribution in [3.8, 4) is 5.75 Å². The van der Waals surface area contributed by atoms with E-state index < -0.39 is 9.84 Å². The van der Waals surface area contributed by atoms with Crippen LogP contribution in [0.1, 0.15) is 19.4 Å². The van der Waals surface area contributed by atoms with Crippen LogP contribution in [0.3, 0.4) is 0 Å². The van der Waals surface area contributed by atoms with E-state index in [-0.39, 0.29) is 23.0 Å². The Labute approximate surface area is 142 Å². The summed E-state index contributed by atoms with van der Waals surface area (Å²) < 4.78 is 28.9. The van der Waals surface area contributed by atoms with Gasteiger partial charge in [-0.15, -0.1) is 0 Å². The quantitative estimate of drug-likeness (QED) is 0.835. The molecule has 2 aromatic carbocycles. The highest BCUT2D eigenvalue weighted by Gasteiger charge is 2.11. The molecular weight excluding hydrogens is 326 g/mol. The number of carbonyl (C=O) groups is 1. The van der Waals surface area contributed by atoms with Gasteiger partial charge in [-0.3, -0.25) is 4.79 Å². The fourth-order valence-electron chi connectivity index (χ4n) is 2.17. The Bertz CT molecular complexity index is 781. The minimum absolute atomic E-state index is 0.0520. The van der Waals surface area contributed by atoms with E-state index in [0.717, 1.165) is 11.3 Å². The molecule has 0 fully saturated rings. The van der Waals surface area contributed by atoms with Crippen molar-refractivity contribution in [3.05, 3.63) is 54.1 Å². The van der Waals surface area contributed by atoms with Crippen molar-refractivity contribution < 1.29 is 17.9 Å². The van der Waals surface area contributed by atoms with E-state index >= 15 is 0 Å². The number of nitrogens with one attached hydrogen (secondary N) is 1. The Hall–Kier alpha value is -2.34. The van der Waals surface area contributed by atoms with E-state index in [4.69, 9.17) is 4.74 Å². The van der Waals surface area contributed by atoms with E-state index in [1.807, 2.05) is 31.2 Å². The molecule has 0 aliphatic rings. The van der Waals surface area contributed by atoms with Crippen LogP contribution in [-0.2, 0) is 21.1 Å². The van der Waals surface area contributed by atoms with Crippen molar-refractivity contribution in [2.75, 3.05) is 17.7 Å². The first-order valence-corrected chi connectivity index (χ1v) is 9.44. The van der Waals surface area contributed by atoms with Gasteiger partial charge >= 0.3 is 0 Å². The molecule has 24 heavy (non-hydrogen) atoms. The first-order chi connectivity index (χ1) is 11.4. The second-order valence-corrected chi connectivity index (χ2v) is 7.51. The third-order valence-electron chi connectivity index (χ3n) is 3.48. The molecule has 0 atom stereocenters. The average Bonchev–Trinajstić information content (AvgIpc) is 2.57. The van der Waals surface area contributed by atoms with Crippen LogP contribution < -0.4 is 10.1 Å². The average molecular weight is 347 g/mol. The van der Waals surface area contributed by atoms with E-state index in [9.17, 15) is 13.2 Å². The topological polar surface area (TPSA) is 72.5 Å². The van der Waals surface area contributed by atoms with E-state index in [1.165, 1.54) is 12.1 Å². The lowest BCUT2D eigenvalue weighted by Gasteiger charge is -2.08. The summed E-state index contributed by atoms with van der Waals surface area (Å²) in [7, 11) is -3.23. The fraction of sp³-hybridized carbons (Fsp3) is 0.278. The largest absolute Gasteiger partial charge is 0.494 e. The zero-order valence-electron chi connectivity index (χ0n) is 13.8. The lowest BCUT2D eigenvalue weighted by molar-refractivity contribution is -0.115. The second kappa shape index (κ2) is 7.97. The number of sulfone groups is 1. The molecule has 128 valence electrons. The van der Waals surface area contributed by atoms with Crippen LogP contribution in [0.4, 0.5) is 5.69 Å². The maximum absolute atomic E-state index is 12.1. The van der Waals surface area contributed by atoms with Crippen LogP contribution in [0.5, 0.6) is 5.75 Å². The Morgan fingerprint density at radius 3 is 2.17 bits per heavy atom. The van der Waals surface area contributed by atoms with Crippen LogP contribution in [0, 0.1) is 0 Å². The van der Waals surface area contributed by atoms with Gasteiger partial charge in [0.25, 0.3) is 0 Å². The third-order valence-corrected chi connectivity index (χ3v) is 5.23. The Morgan fingerprint density at radius 2 is 1.62 bits per heavy atom. The van der Waals surface area contributed by atoms with Gasteiger partial charge in [0.15, 0.2) is 9.84 Å². The Morgan fingerprint density at radius 1 is 1.00 bits per heavy atom. The number of rotatable bonds is 7. The lowest BCUT2D eigenvalue weighted by atomic mass is 10.1. The predicted octanol–water partition coefficient (Wildman–Crippen LogP) is 3.06. The Kier molecular flexibility index (Phi) is 5.98. The van der Waals surface area contributed by atoms with Crippen molar-refractivity contribution in [1.82, 2.24) is 0 Å². The van der Waals surface area contributed by atoms with Gasteiger partial charge < -0.3 is 10.1 Å². The molecule has 6 heteroatoms. The monoisotopic (exact) mass is 347 g/mol. The van der Waals surface area contributed by atoms with E-state index in [1.54, 1.807) is 19.1 Å². The van der Waals surface area contributed by atoms with Crippen molar-refractivity contribution in [3.63, 3.8) is 0 Å². The minimum Gasteiger partial charge on any atom is -0.494 e. The SMILES string of the molecule is CCOc1ccc(CC(=O)Nc2ccc(S(=O)(=O)CC)cc2)cc1. The summed E-state index contributed by atoms with van der Waals surface area (Å²) in [5, 5.41) is 2.76. The summed E-state index contributed by atoms with van der Waals surface area (Å²) in [6, 6.07) is 13.6. The molecule has 0 heterocycles. The summed E-state index contributed by atoms with van der Waals surface area (Å²) in [5.41, 5.74) is 1.45. The molecule has 1 amide bonds. The number of anilines is 1. The van der Waals surface area contributed by atoms with Crippen LogP contribution in [-0.4, -0.2) is 26.7 Å². The standard InChI is InChI=1S/C18H21NO4S/c1-3-23-16-9-5-14(6-10-16)13-18(20)19-15-7-11-17(12-8-15)24(21,22)4-2/h5-12H,3-4,13H2,1-2H3,(H,19,20). The fourth-order valence-corrected chi connectivity index (χ4v) is 3.06. The van der Waals surface area contributed by atoms with Gasteiger partial charge in [0.1, 0.15) is 5.75 Å². The highest BCUT2D eigenvalue weighted by Crippen LogP contribution is 2.16. The van der Waals surface area contributed by atoms with Crippen molar-refractivity contribution in [1.29, 1.82) is 0 Å². The molecule has 0 aliphatic heterocycles. The van der Waals surface area contributed by atoms with Crippen LogP contribution in [0.25, 0.3) is 0 Å². The minimum atomic E-state index is -3.23. The summed E-state index contributed by atoms with van der Waals surface area (Å²) in [4.78, 5) is 12.3. The molecule has 2 rings (SSSR count). The molecule has 0 spiro atoms. The number of carbonyl (C=O) groups excluding carboxylic acids is 1. The zero-order valence-corrected chi connectivity index (χ0v) is 14.6. The summed E-state index contributed by atoms with van der Waals surface area (Å²) in [5.74, 6) is 0.663. The van der Waals surface area contributed by atoms with Crippen molar-refractivity contribution in [2.24, 2.45) is 0 Å². The molecule has 0 bridgehead atoms. The Balaban J connectivity index is 1.97. The van der Waals surface area contributed by atoms with Gasteiger partial charge in [-0.25, -0.2) is 8.42 Å². The molecule has 2 aromatic rings. The second-order valence-electron chi connectivity index (χ2n) is 5.23. The zero-order chi connectivity index (χ0) is 17.6. The van der Waals surface area contributed by atoms with Crippen molar-refractivity contribution in [2.45, 2.75) is 25.2 Å². The number of hydrogen-bond donors (Lipinski definition) is 1. The molecule has 0 radical (unpaired) electrons. The number of hydrogen-bond acceptors (Lipinski definition) is 4. The van der Waals surface area contributed by atoms with Crippen LogP contribution >= 0.6 is 0 Å². The predicted molar refractivity (Wildman–Crippen MR) is 94.1 cm³/mol. The number of amides is 1. The molecule has 0 unspecified atom stereocenters. The van der Waals surface area contributed by atoms with E-state index in [2.05, 4.69) is 5.32 Å². The number of benzene rings is 2. The smallest absolute Gasteiger partial charge is 0.228 e. The van der Waals surface area contributed by atoms with Gasteiger partial charge in [-0.2, -0.15) is 0 Å². The normalized spacial score (nSPS) is 11.1. The first kappa shape index (κ1) is 18.0. The molecule has 0 aliphatic carbocycles. The van der Waals surface area contributed by atoms with Gasteiger partial charge in [0.05, 0.1) is 23.7 Å². The van der Waals surface area contributed by atoms with E-state index in [0.29, 0.717) is 12.3 Å².